The Morgan fingerprint density at radius 3 is 1.26 bits per heavy atom. The van der Waals surface area contributed by atoms with Gasteiger partial charge in [0.2, 0.25) is 5.60 Å². The minimum Gasteiger partial charge on any atom is -0.372 e. The van der Waals surface area contributed by atoms with Crippen LogP contribution in [0.2, 0.25) is 10.0 Å². The molecule has 0 spiro atoms. The zero-order chi connectivity index (χ0) is 54.5. The van der Waals surface area contributed by atoms with Crippen molar-refractivity contribution in [1.82, 2.24) is 19.6 Å². The summed E-state index contributed by atoms with van der Waals surface area (Å²) in [5.74, 6) is -2.33. The van der Waals surface area contributed by atoms with E-state index < -0.39 is 46.9 Å². The fraction of sp³-hybridized carbons (Fsp3) is 0.623. The predicted octanol–water partition coefficient (Wildman–Crippen LogP) is 10.2. The van der Waals surface area contributed by atoms with Crippen LogP contribution in [0.4, 0.5) is 37.7 Å². The van der Waals surface area contributed by atoms with E-state index >= 15 is 0 Å². The Balaban J connectivity index is 0.000000241. The summed E-state index contributed by atoms with van der Waals surface area (Å²) < 4.78 is 81.9. The number of anilines is 2. The molecule has 1 aromatic heterocycles. The second kappa shape index (κ2) is 24.4. The summed E-state index contributed by atoms with van der Waals surface area (Å²) in [5, 5.41) is 24.2. The van der Waals surface area contributed by atoms with Crippen LogP contribution in [0, 0.1) is 29.6 Å². The second-order valence-corrected chi connectivity index (χ2v) is 22.8. The van der Waals surface area contributed by atoms with Gasteiger partial charge < -0.3 is 39.6 Å². The fourth-order valence-electron chi connectivity index (χ4n) is 10.8. The number of piperidine rings is 4. The minimum atomic E-state index is -5.09. The van der Waals surface area contributed by atoms with Crippen molar-refractivity contribution >= 4 is 69.5 Å². The first-order valence-electron chi connectivity index (χ1n) is 25.4. The Kier molecular flexibility index (Phi) is 19.4. The highest BCUT2D eigenvalue weighted by Crippen LogP contribution is 2.43. The van der Waals surface area contributed by atoms with Gasteiger partial charge in [0.1, 0.15) is 0 Å². The number of carbonyl (C=O) groups excluding carboxylic acids is 4. The van der Waals surface area contributed by atoms with E-state index in [0.29, 0.717) is 70.5 Å². The number of benzene rings is 2. The van der Waals surface area contributed by atoms with Crippen molar-refractivity contribution in [3.05, 3.63) is 80.0 Å². The number of rotatable bonds is 12. The van der Waals surface area contributed by atoms with Crippen LogP contribution in [-0.4, -0.2) is 152 Å². The van der Waals surface area contributed by atoms with Crippen molar-refractivity contribution in [1.29, 1.82) is 0 Å². The van der Waals surface area contributed by atoms with Crippen LogP contribution < -0.4 is 9.80 Å². The number of alkyl halides is 6. The Bertz CT molecular complexity index is 2400. The standard InChI is InChI=1S/C27H33ClF3N3O3S.C26H37ClF3N3O3/c1-32(2)24(35)22-4-3-21(16-23(22)28)33-10-5-18(6-11-33)15-19-7-12-34(13-8-19)25(36)26(37,27(29,30)31)20-9-14-38-17-20;1-17(2)25(36,26(28,29)30)24(35)33-13-9-19(10-14-33)15-18-7-11-32(12-8-18)20-5-6-21(22(27)16-20)23(34)31(3)4/h3-4,9,14,16-19,37H,5-8,10-13,15H2,1-2H3;5-6,16-19,36H,7-15H2,1-4H3. The van der Waals surface area contributed by atoms with Crippen molar-refractivity contribution in [3.8, 4) is 0 Å². The Morgan fingerprint density at radius 1 is 0.595 bits per heavy atom. The van der Waals surface area contributed by atoms with Gasteiger partial charge in [-0.05, 0) is 141 Å². The molecule has 7 rings (SSSR count). The van der Waals surface area contributed by atoms with Crippen LogP contribution in [-0.2, 0) is 15.2 Å². The number of halogens is 8. The van der Waals surface area contributed by atoms with Crippen molar-refractivity contribution in [2.45, 2.75) is 102 Å². The van der Waals surface area contributed by atoms with Crippen LogP contribution >= 0.6 is 34.5 Å². The smallest absolute Gasteiger partial charge is 0.372 e. The number of amides is 4. The molecule has 4 saturated heterocycles. The van der Waals surface area contributed by atoms with Crippen molar-refractivity contribution in [2.75, 3.05) is 90.3 Å². The van der Waals surface area contributed by atoms with Gasteiger partial charge in [-0.1, -0.05) is 37.0 Å². The van der Waals surface area contributed by atoms with E-state index in [9.17, 15) is 55.7 Å². The second-order valence-electron chi connectivity index (χ2n) is 21.2. The first-order chi connectivity index (χ1) is 34.7. The average molecular weight is 1100 g/mol. The molecule has 4 amide bonds. The molecule has 74 heavy (non-hydrogen) atoms. The molecule has 4 aliphatic heterocycles. The maximum atomic E-state index is 13.8. The van der Waals surface area contributed by atoms with Crippen LogP contribution in [0.5, 0.6) is 0 Å². The first kappa shape index (κ1) is 59.0. The Labute approximate surface area is 444 Å². The maximum absolute atomic E-state index is 13.8. The minimum absolute atomic E-state index is 0.134. The molecule has 0 bridgehead atoms. The van der Waals surface area contributed by atoms with Gasteiger partial charge in [-0.15, -0.1) is 0 Å². The SMILES string of the molecule is CC(C)C(O)(C(=O)N1CCC(CC2CCN(c3ccc(C(=O)N(C)C)c(Cl)c3)CC2)CC1)C(F)(F)F.CN(C)C(=O)c1ccc(N2CCC(CC3CCN(C(=O)C(O)(c4ccsc4)C(F)(F)F)CC3)CC2)cc1Cl. The molecule has 0 aliphatic carbocycles. The zero-order valence-corrected chi connectivity index (χ0v) is 45.3. The highest BCUT2D eigenvalue weighted by atomic mass is 35.5. The van der Waals surface area contributed by atoms with Gasteiger partial charge in [-0.25, -0.2) is 0 Å². The quantitative estimate of drug-likeness (QED) is 0.172. The highest BCUT2D eigenvalue weighted by Gasteiger charge is 2.63. The zero-order valence-electron chi connectivity index (χ0n) is 43.0. The van der Waals surface area contributed by atoms with E-state index in [-0.39, 0.29) is 38.0 Å². The molecule has 2 atom stereocenters. The lowest BCUT2D eigenvalue weighted by Gasteiger charge is -2.41. The number of thiophene rings is 1. The van der Waals surface area contributed by atoms with Crippen LogP contribution in [0.15, 0.2) is 53.2 Å². The van der Waals surface area contributed by atoms with E-state index in [2.05, 4.69) is 9.80 Å². The van der Waals surface area contributed by atoms with E-state index in [1.807, 2.05) is 24.3 Å². The molecular formula is C53H70Cl2F6N6O6S. The molecule has 410 valence electrons. The molecule has 2 N–H and O–H groups in total. The molecule has 0 saturated carbocycles. The molecule has 3 aromatic rings. The van der Waals surface area contributed by atoms with E-state index in [1.54, 1.807) is 40.3 Å². The van der Waals surface area contributed by atoms with E-state index in [0.717, 1.165) is 93.5 Å². The third kappa shape index (κ3) is 13.3. The molecule has 4 fully saturated rings. The van der Waals surface area contributed by atoms with Gasteiger partial charge in [-0.3, -0.25) is 19.2 Å². The normalized spacial score (nSPS) is 19.6. The van der Waals surface area contributed by atoms with Gasteiger partial charge in [0.15, 0.2) is 0 Å². The molecule has 2 aromatic carbocycles. The number of likely N-dealkylation sites (tertiary alicyclic amines) is 2. The summed E-state index contributed by atoms with van der Waals surface area (Å²) in [6.07, 6.45) is -1.63. The highest BCUT2D eigenvalue weighted by molar-refractivity contribution is 7.08. The monoisotopic (exact) mass is 1100 g/mol. The largest absolute Gasteiger partial charge is 0.430 e. The summed E-state index contributed by atoms with van der Waals surface area (Å²) >= 11 is 13.8. The van der Waals surface area contributed by atoms with Gasteiger partial charge in [0.25, 0.3) is 29.2 Å². The van der Waals surface area contributed by atoms with Crippen molar-refractivity contribution < 1.29 is 55.7 Å². The van der Waals surface area contributed by atoms with Crippen molar-refractivity contribution in [3.63, 3.8) is 0 Å². The molecule has 4 aliphatic rings. The summed E-state index contributed by atoms with van der Waals surface area (Å²) in [7, 11) is 6.75. The summed E-state index contributed by atoms with van der Waals surface area (Å²) in [5.41, 5.74) is -4.34. The maximum Gasteiger partial charge on any atom is 0.430 e. The number of carbonyl (C=O) groups is 4. The number of hydrogen-bond donors (Lipinski definition) is 2. The molecule has 21 heteroatoms. The lowest BCUT2D eigenvalue weighted by molar-refractivity contribution is -0.270. The lowest BCUT2D eigenvalue weighted by atomic mass is 9.81. The summed E-state index contributed by atoms with van der Waals surface area (Å²) in [6.45, 7) is 6.79. The summed E-state index contributed by atoms with van der Waals surface area (Å²) in [6, 6.07) is 12.2. The Hall–Kier alpha value is -4.30. The van der Waals surface area contributed by atoms with Gasteiger partial charge in [0.05, 0.1) is 21.2 Å². The third-order valence-electron chi connectivity index (χ3n) is 15.5. The number of aliphatic hydroxyl groups is 2. The predicted molar refractivity (Wildman–Crippen MR) is 277 cm³/mol. The topological polar surface area (TPSA) is 128 Å². The molecule has 2 unspecified atom stereocenters. The van der Waals surface area contributed by atoms with E-state index in [1.165, 1.54) is 44.2 Å². The summed E-state index contributed by atoms with van der Waals surface area (Å²) in [4.78, 5) is 59.8. The van der Waals surface area contributed by atoms with Gasteiger partial charge >= 0.3 is 12.4 Å². The molecular weight excluding hydrogens is 1030 g/mol. The van der Waals surface area contributed by atoms with Gasteiger partial charge in [-0.2, -0.15) is 37.7 Å². The first-order valence-corrected chi connectivity index (χ1v) is 27.1. The fourth-order valence-corrected chi connectivity index (χ4v) is 12.0. The molecule has 0 radical (unpaired) electrons. The third-order valence-corrected chi connectivity index (χ3v) is 16.8. The Morgan fingerprint density at radius 2 is 0.959 bits per heavy atom. The number of nitrogens with zero attached hydrogens (tertiary/aromatic N) is 6. The molecule has 5 heterocycles. The number of hydrogen-bond acceptors (Lipinski definition) is 9. The average Bonchev–Trinajstić information content (AvgIpc) is 3.91. The lowest BCUT2D eigenvalue weighted by Crippen LogP contribution is -2.62. The van der Waals surface area contributed by atoms with Crippen molar-refractivity contribution in [2.24, 2.45) is 29.6 Å². The van der Waals surface area contributed by atoms with Gasteiger partial charge in [0, 0.05) is 103 Å². The molecule has 12 nitrogen and oxygen atoms in total. The van der Waals surface area contributed by atoms with E-state index in [4.69, 9.17) is 23.2 Å². The van der Waals surface area contributed by atoms with Crippen LogP contribution in [0.1, 0.15) is 104 Å². The van der Waals surface area contributed by atoms with Crippen LogP contribution in [0.3, 0.4) is 0 Å². The van der Waals surface area contributed by atoms with Crippen LogP contribution in [0.25, 0.3) is 0 Å².